The Morgan fingerprint density at radius 3 is 2.18 bits per heavy atom. The average Bonchev–Trinajstić information content (AvgIpc) is 2.81. The minimum Gasteiger partial charge on any atom is -0.476 e. The highest BCUT2D eigenvalue weighted by Crippen LogP contribution is 2.18. The maximum Gasteiger partial charge on any atom is 0.357 e. The molecule has 2 aromatic carbocycles. The highest BCUT2D eigenvalue weighted by Gasteiger charge is 2.30. The molecular formula is C21H19FN4O6S. The van der Waals surface area contributed by atoms with Gasteiger partial charge in [0.2, 0.25) is 15.9 Å². The van der Waals surface area contributed by atoms with E-state index in [4.69, 9.17) is 0 Å². The van der Waals surface area contributed by atoms with Crippen LogP contribution in [0.4, 0.5) is 4.39 Å². The summed E-state index contributed by atoms with van der Waals surface area (Å²) < 4.78 is 40.6. The van der Waals surface area contributed by atoms with E-state index in [1.807, 2.05) is 0 Å². The Morgan fingerprint density at radius 2 is 1.58 bits per heavy atom. The van der Waals surface area contributed by atoms with Gasteiger partial charge in [-0.15, -0.1) is 0 Å². The minimum absolute atomic E-state index is 0.0197. The molecule has 4 rings (SSSR count). The molecule has 172 valence electrons. The van der Waals surface area contributed by atoms with Crippen molar-refractivity contribution in [2.24, 2.45) is 0 Å². The summed E-state index contributed by atoms with van der Waals surface area (Å²) in [4.78, 5) is 38.4. The highest BCUT2D eigenvalue weighted by molar-refractivity contribution is 7.89. The molecule has 0 unspecified atom stereocenters. The van der Waals surface area contributed by atoms with Gasteiger partial charge in [0, 0.05) is 31.6 Å². The maximum absolute atomic E-state index is 13.1. The summed E-state index contributed by atoms with van der Waals surface area (Å²) in [6.07, 6.45) is 0. The number of aromatic carboxylic acids is 1. The third kappa shape index (κ3) is 4.34. The first-order valence-corrected chi connectivity index (χ1v) is 11.4. The van der Waals surface area contributed by atoms with E-state index in [1.54, 1.807) is 12.1 Å². The van der Waals surface area contributed by atoms with E-state index in [0.29, 0.717) is 0 Å². The first kappa shape index (κ1) is 22.6. The van der Waals surface area contributed by atoms with Crippen LogP contribution in [-0.4, -0.2) is 70.6 Å². The second kappa shape index (κ2) is 8.71. The zero-order chi connectivity index (χ0) is 23.8. The molecule has 33 heavy (non-hydrogen) atoms. The van der Waals surface area contributed by atoms with Gasteiger partial charge in [-0.2, -0.15) is 9.40 Å². The minimum atomic E-state index is -3.84. The molecule has 1 N–H and O–H groups in total. The van der Waals surface area contributed by atoms with Crippen LogP contribution in [0.25, 0.3) is 10.8 Å². The molecule has 0 radical (unpaired) electrons. The molecule has 2 heterocycles. The fourth-order valence-electron chi connectivity index (χ4n) is 3.66. The largest absolute Gasteiger partial charge is 0.476 e. The van der Waals surface area contributed by atoms with Crippen molar-refractivity contribution in [3.8, 4) is 0 Å². The van der Waals surface area contributed by atoms with Crippen molar-refractivity contribution in [1.29, 1.82) is 0 Å². The van der Waals surface area contributed by atoms with Gasteiger partial charge >= 0.3 is 5.97 Å². The van der Waals surface area contributed by atoms with Crippen molar-refractivity contribution >= 4 is 32.7 Å². The summed E-state index contributed by atoms with van der Waals surface area (Å²) in [6, 6.07) is 10.6. The van der Waals surface area contributed by atoms with Crippen molar-refractivity contribution in [3.63, 3.8) is 0 Å². The summed E-state index contributed by atoms with van der Waals surface area (Å²) in [5, 5.41) is 13.6. The normalized spacial score (nSPS) is 15.0. The van der Waals surface area contributed by atoms with Crippen LogP contribution < -0.4 is 5.56 Å². The molecule has 0 saturated carbocycles. The van der Waals surface area contributed by atoms with Gasteiger partial charge in [0.15, 0.2) is 5.69 Å². The Hall–Kier alpha value is -3.64. The summed E-state index contributed by atoms with van der Waals surface area (Å²) in [6.45, 7) is -0.285. The van der Waals surface area contributed by atoms with Gasteiger partial charge in [-0.3, -0.25) is 9.59 Å². The monoisotopic (exact) mass is 474 g/mol. The molecule has 0 atom stereocenters. The molecule has 0 aliphatic carbocycles. The predicted molar refractivity (Wildman–Crippen MR) is 115 cm³/mol. The van der Waals surface area contributed by atoms with Crippen LogP contribution >= 0.6 is 0 Å². The Labute approximate surface area is 187 Å². The van der Waals surface area contributed by atoms with E-state index in [1.165, 1.54) is 33.5 Å². The molecule has 1 saturated heterocycles. The van der Waals surface area contributed by atoms with Crippen LogP contribution in [-0.2, 0) is 21.4 Å². The molecule has 10 nitrogen and oxygen atoms in total. The number of fused-ring (bicyclic) bond motifs is 1. The van der Waals surface area contributed by atoms with Crippen LogP contribution in [0.2, 0.25) is 0 Å². The molecule has 1 fully saturated rings. The molecule has 0 bridgehead atoms. The number of carbonyl (C=O) groups is 2. The number of halogens is 1. The lowest BCUT2D eigenvalue weighted by Gasteiger charge is -2.34. The van der Waals surface area contributed by atoms with Gasteiger partial charge in [-0.05, 0) is 30.3 Å². The quantitative estimate of drug-likeness (QED) is 0.578. The first-order valence-electron chi connectivity index (χ1n) is 9.95. The number of carbonyl (C=O) groups excluding carboxylic acids is 1. The number of sulfonamides is 1. The molecule has 12 heteroatoms. The van der Waals surface area contributed by atoms with E-state index in [9.17, 15) is 32.3 Å². The Morgan fingerprint density at radius 1 is 0.970 bits per heavy atom. The predicted octanol–water partition coefficient (Wildman–Crippen LogP) is 0.767. The number of benzene rings is 2. The number of aromatic nitrogens is 2. The van der Waals surface area contributed by atoms with Crippen LogP contribution in [0.15, 0.2) is 58.2 Å². The van der Waals surface area contributed by atoms with E-state index in [2.05, 4.69) is 5.10 Å². The fourth-order valence-corrected chi connectivity index (χ4v) is 5.08. The molecule has 1 aliphatic rings. The van der Waals surface area contributed by atoms with Crippen LogP contribution in [0.3, 0.4) is 0 Å². The summed E-state index contributed by atoms with van der Waals surface area (Å²) in [5.74, 6) is -2.37. The molecule has 0 spiro atoms. The Balaban J connectivity index is 1.49. The van der Waals surface area contributed by atoms with Gasteiger partial charge in [0.05, 0.1) is 10.3 Å². The molecule has 1 amide bonds. The number of carboxylic acids is 1. The van der Waals surface area contributed by atoms with Gasteiger partial charge in [-0.25, -0.2) is 22.3 Å². The van der Waals surface area contributed by atoms with E-state index < -0.39 is 39.8 Å². The van der Waals surface area contributed by atoms with Gasteiger partial charge < -0.3 is 10.0 Å². The van der Waals surface area contributed by atoms with Crippen molar-refractivity contribution in [3.05, 3.63) is 70.4 Å². The lowest BCUT2D eigenvalue weighted by atomic mass is 10.1. The van der Waals surface area contributed by atoms with Crippen molar-refractivity contribution in [2.45, 2.75) is 11.4 Å². The average molecular weight is 474 g/mol. The van der Waals surface area contributed by atoms with Crippen LogP contribution in [0.1, 0.15) is 10.5 Å². The Bertz CT molecular complexity index is 1400. The molecule has 1 aromatic heterocycles. The number of hydrogen-bond donors (Lipinski definition) is 1. The topological polar surface area (TPSA) is 130 Å². The maximum atomic E-state index is 13.1. The van der Waals surface area contributed by atoms with E-state index in [-0.39, 0.29) is 47.5 Å². The second-order valence-corrected chi connectivity index (χ2v) is 9.34. The van der Waals surface area contributed by atoms with Gasteiger partial charge in [0.1, 0.15) is 12.4 Å². The summed E-state index contributed by atoms with van der Waals surface area (Å²) in [7, 11) is -3.84. The number of rotatable bonds is 5. The number of carboxylic acid groups (broad SMARTS) is 1. The lowest BCUT2D eigenvalue weighted by Crippen LogP contribution is -2.51. The van der Waals surface area contributed by atoms with Crippen LogP contribution in [0.5, 0.6) is 0 Å². The smallest absolute Gasteiger partial charge is 0.357 e. The Kier molecular flexibility index (Phi) is 5.95. The SMILES string of the molecule is O=C(O)c1nn(CC(=O)N2CCN(S(=O)(=O)c3ccc(F)cc3)CC2)c(=O)c2ccccc12. The highest BCUT2D eigenvalue weighted by atomic mass is 32.2. The van der Waals surface area contributed by atoms with Gasteiger partial charge in [0.25, 0.3) is 5.56 Å². The third-order valence-electron chi connectivity index (χ3n) is 5.40. The third-order valence-corrected chi connectivity index (χ3v) is 7.31. The van der Waals surface area contributed by atoms with Crippen molar-refractivity contribution < 1.29 is 27.5 Å². The standard InChI is InChI=1S/C21H19FN4O6S/c22-14-5-7-15(8-6-14)33(31,32)25-11-9-24(10-12-25)18(27)13-26-20(28)17-4-2-1-3-16(17)19(23-26)21(29)30/h1-8H,9-13H2,(H,29,30). The van der Waals surface area contributed by atoms with E-state index >= 15 is 0 Å². The summed E-state index contributed by atoms with van der Waals surface area (Å²) >= 11 is 0. The molecule has 1 aliphatic heterocycles. The number of piperazine rings is 1. The lowest BCUT2D eigenvalue weighted by molar-refractivity contribution is -0.133. The number of hydrogen-bond acceptors (Lipinski definition) is 6. The van der Waals surface area contributed by atoms with Gasteiger partial charge in [-0.1, -0.05) is 18.2 Å². The summed E-state index contributed by atoms with van der Waals surface area (Å²) in [5.41, 5.74) is -0.935. The second-order valence-electron chi connectivity index (χ2n) is 7.40. The zero-order valence-corrected chi connectivity index (χ0v) is 18.0. The zero-order valence-electron chi connectivity index (χ0n) is 17.2. The molecule has 3 aromatic rings. The number of nitrogens with zero attached hydrogens (tertiary/aromatic N) is 4. The van der Waals surface area contributed by atoms with Crippen molar-refractivity contribution in [1.82, 2.24) is 19.0 Å². The fraction of sp³-hybridized carbons (Fsp3) is 0.238. The number of amides is 1. The van der Waals surface area contributed by atoms with Crippen LogP contribution in [0, 0.1) is 5.82 Å². The first-order chi connectivity index (χ1) is 15.7. The van der Waals surface area contributed by atoms with E-state index in [0.717, 1.165) is 16.8 Å². The van der Waals surface area contributed by atoms with Crippen molar-refractivity contribution in [2.75, 3.05) is 26.2 Å². The molecular weight excluding hydrogens is 455 g/mol.